The number of carbonyl (C=O) groups excluding carboxylic acids is 2. The van der Waals surface area contributed by atoms with Gasteiger partial charge in [0.15, 0.2) is 0 Å². The minimum absolute atomic E-state index is 0.122. The van der Waals surface area contributed by atoms with Gasteiger partial charge in [-0.1, -0.05) is 36.4 Å². The number of hydrogen-bond donors (Lipinski definition) is 1. The summed E-state index contributed by atoms with van der Waals surface area (Å²) < 4.78 is 54.1. The molecule has 3 aromatic rings. The van der Waals surface area contributed by atoms with E-state index in [-0.39, 0.29) is 38.1 Å². The van der Waals surface area contributed by atoms with Gasteiger partial charge in [0.1, 0.15) is 11.5 Å². The van der Waals surface area contributed by atoms with Gasteiger partial charge in [-0.3, -0.25) is 9.69 Å². The van der Waals surface area contributed by atoms with E-state index in [4.69, 9.17) is 14.2 Å². The summed E-state index contributed by atoms with van der Waals surface area (Å²) in [7, 11) is 3.26. The first-order chi connectivity index (χ1) is 20.1. The number of urea groups is 1. The first-order valence-corrected chi connectivity index (χ1v) is 13.8. The average Bonchev–Trinajstić information content (AvgIpc) is 2.97. The minimum atomic E-state index is -4.26. The van der Waals surface area contributed by atoms with Crippen molar-refractivity contribution in [3.8, 4) is 22.6 Å². The molecular weight excluding hydrogens is 549 g/mol. The Balaban J connectivity index is 1.73. The topological polar surface area (TPSA) is 77.1 Å². The van der Waals surface area contributed by atoms with Crippen LogP contribution in [-0.4, -0.2) is 52.1 Å². The molecule has 3 rings (SSSR count). The van der Waals surface area contributed by atoms with Crippen molar-refractivity contribution in [2.24, 2.45) is 0 Å². The monoisotopic (exact) mass is 586 g/mol. The summed E-state index contributed by atoms with van der Waals surface area (Å²) in [5.41, 5.74) is 3.84. The lowest BCUT2D eigenvalue weighted by atomic mass is 10.00. The smallest absolute Gasteiger partial charge is 0.389 e. The summed E-state index contributed by atoms with van der Waals surface area (Å²) in [6.45, 7) is 2.33. The average molecular weight is 587 g/mol. The normalized spacial score (nSPS) is 11.1. The second-order valence-corrected chi connectivity index (χ2v) is 9.65. The third kappa shape index (κ3) is 10.3. The van der Waals surface area contributed by atoms with Crippen LogP contribution >= 0.6 is 0 Å². The summed E-state index contributed by atoms with van der Waals surface area (Å²) >= 11 is 0. The van der Waals surface area contributed by atoms with Gasteiger partial charge in [0.2, 0.25) is 0 Å². The number of hydrogen-bond acceptors (Lipinski definition) is 5. The van der Waals surface area contributed by atoms with Gasteiger partial charge >= 0.3 is 18.2 Å². The molecule has 0 aromatic heterocycles. The highest BCUT2D eigenvalue weighted by Crippen LogP contribution is 2.34. The fourth-order valence-electron chi connectivity index (χ4n) is 4.27. The Morgan fingerprint density at radius 3 is 2.45 bits per heavy atom. The van der Waals surface area contributed by atoms with Gasteiger partial charge in [-0.2, -0.15) is 13.2 Å². The van der Waals surface area contributed by atoms with E-state index in [0.29, 0.717) is 36.4 Å². The molecule has 0 bridgehead atoms. The van der Waals surface area contributed by atoms with Crippen LogP contribution in [0.15, 0.2) is 66.7 Å². The van der Waals surface area contributed by atoms with Gasteiger partial charge in [0.05, 0.1) is 20.3 Å². The molecule has 0 aliphatic rings. The Morgan fingerprint density at radius 1 is 0.952 bits per heavy atom. The van der Waals surface area contributed by atoms with E-state index < -0.39 is 12.6 Å². The summed E-state index contributed by atoms with van der Waals surface area (Å²) in [5, 5.41) is 2.92. The third-order valence-corrected chi connectivity index (χ3v) is 6.50. The molecule has 226 valence electrons. The van der Waals surface area contributed by atoms with Crippen molar-refractivity contribution in [3.05, 3.63) is 77.9 Å². The molecule has 0 unspecified atom stereocenters. The van der Waals surface area contributed by atoms with Crippen molar-refractivity contribution in [1.82, 2.24) is 5.32 Å². The standard InChI is InChI=1S/C32H37F3N2O5/c1-4-41-30(38)15-13-24-12-14-28(29(21-24)42-19-7-17-32(33,34)35)25-9-6-10-26(22-25)37(2)31(39)36-18-16-23-8-5-11-27(20-23)40-3/h5-6,8-12,14,20-22H,4,7,13,15-19H2,1-3H3,(H,36,39). The molecule has 0 saturated heterocycles. The van der Waals surface area contributed by atoms with Crippen LogP contribution in [0.5, 0.6) is 11.5 Å². The van der Waals surface area contributed by atoms with Crippen LogP contribution in [0.1, 0.15) is 37.3 Å². The van der Waals surface area contributed by atoms with Crippen LogP contribution in [0.3, 0.4) is 0 Å². The van der Waals surface area contributed by atoms with Gasteiger partial charge in [0.25, 0.3) is 0 Å². The molecule has 2 amide bonds. The molecule has 0 atom stereocenters. The Labute approximate surface area is 244 Å². The molecule has 7 nitrogen and oxygen atoms in total. The van der Waals surface area contributed by atoms with E-state index >= 15 is 0 Å². The number of ether oxygens (including phenoxy) is 3. The summed E-state index contributed by atoms with van der Waals surface area (Å²) in [6, 6.07) is 20.0. The first kappa shape index (κ1) is 32.3. The highest BCUT2D eigenvalue weighted by molar-refractivity contribution is 5.92. The number of nitrogens with zero attached hydrogens (tertiary/aromatic N) is 1. The zero-order chi connectivity index (χ0) is 30.5. The maximum absolute atomic E-state index is 12.9. The van der Waals surface area contributed by atoms with E-state index in [1.54, 1.807) is 39.3 Å². The zero-order valence-electron chi connectivity index (χ0n) is 24.1. The lowest BCUT2D eigenvalue weighted by molar-refractivity contribution is -0.143. The fraction of sp³-hybridized carbons (Fsp3) is 0.375. The number of rotatable bonds is 14. The quantitative estimate of drug-likeness (QED) is 0.163. The van der Waals surface area contributed by atoms with Gasteiger partial charge in [-0.05, 0) is 73.2 Å². The van der Waals surface area contributed by atoms with E-state index in [1.807, 2.05) is 48.5 Å². The number of alkyl halides is 3. The first-order valence-electron chi connectivity index (χ1n) is 13.8. The number of amides is 2. The molecule has 10 heteroatoms. The second kappa shape index (κ2) is 15.7. The molecule has 1 N–H and O–H groups in total. The number of anilines is 1. The molecule has 0 aliphatic heterocycles. The molecule has 0 heterocycles. The fourth-order valence-corrected chi connectivity index (χ4v) is 4.27. The van der Waals surface area contributed by atoms with E-state index in [0.717, 1.165) is 22.4 Å². The lowest BCUT2D eigenvalue weighted by Crippen LogP contribution is -2.38. The highest BCUT2D eigenvalue weighted by Gasteiger charge is 2.26. The van der Waals surface area contributed by atoms with Crippen LogP contribution in [0.2, 0.25) is 0 Å². The number of halogens is 3. The van der Waals surface area contributed by atoms with E-state index in [9.17, 15) is 22.8 Å². The van der Waals surface area contributed by atoms with Crippen LogP contribution in [0.4, 0.5) is 23.7 Å². The Morgan fingerprint density at radius 2 is 1.71 bits per heavy atom. The largest absolute Gasteiger partial charge is 0.497 e. The molecule has 0 fully saturated rings. The molecule has 42 heavy (non-hydrogen) atoms. The third-order valence-electron chi connectivity index (χ3n) is 6.50. The zero-order valence-corrected chi connectivity index (χ0v) is 24.1. The van der Waals surface area contributed by atoms with Crippen molar-refractivity contribution < 1.29 is 37.0 Å². The molecule has 3 aromatic carbocycles. The number of nitrogens with one attached hydrogen (secondary N) is 1. The van der Waals surface area contributed by atoms with Crippen LogP contribution in [0.25, 0.3) is 11.1 Å². The predicted molar refractivity (Wildman–Crippen MR) is 156 cm³/mol. The second-order valence-electron chi connectivity index (χ2n) is 9.65. The molecule has 0 saturated carbocycles. The Hall–Kier alpha value is -4.21. The minimum Gasteiger partial charge on any atom is -0.497 e. The number of methoxy groups -OCH3 is 1. The summed E-state index contributed by atoms with van der Waals surface area (Å²) in [5.74, 6) is 0.830. The SMILES string of the molecule is CCOC(=O)CCc1ccc(-c2cccc(N(C)C(=O)NCCc3cccc(OC)c3)c2)c(OCCCC(F)(F)F)c1. The number of esters is 1. The highest BCUT2D eigenvalue weighted by atomic mass is 19.4. The van der Waals surface area contributed by atoms with Crippen molar-refractivity contribution >= 4 is 17.7 Å². The van der Waals surface area contributed by atoms with Crippen molar-refractivity contribution in [2.45, 2.75) is 45.2 Å². The Bertz CT molecular complexity index is 1330. The lowest BCUT2D eigenvalue weighted by Gasteiger charge is -2.20. The molecule has 0 spiro atoms. The summed E-state index contributed by atoms with van der Waals surface area (Å²) in [4.78, 5) is 26.2. The van der Waals surface area contributed by atoms with Gasteiger partial charge in [-0.25, -0.2) is 4.79 Å². The molecule has 0 radical (unpaired) electrons. The van der Waals surface area contributed by atoms with E-state index in [2.05, 4.69) is 5.32 Å². The van der Waals surface area contributed by atoms with Crippen molar-refractivity contribution in [3.63, 3.8) is 0 Å². The Kier molecular flexibility index (Phi) is 12.1. The van der Waals surface area contributed by atoms with Gasteiger partial charge in [0, 0.05) is 37.7 Å². The number of carbonyl (C=O) groups is 2. The van der Waals surface area contributed by atoms with Crippen molar-refractivity contribution in [2.75, 3.05) is 38.8 Å². The van der Waals surface area contributed by atoms with Crippen LogP contribution in [-0.2, 0) is 22.4 Å². The van der Waals surface area contributed by atoms with E-state index in [1.165, 1.54) is 4.90 Å². The number of aryl methyl sites for hydroxylation is 1. The van der Waals surface area contributed by atoms with Gasteiger partial charge < -0.3 is 19.5 Å². The molecule has 0 aliphatic carbocycles. The predicted octanol–water partition coefficient (Wildman–Crippen LogP) is 6.97. The maximum atomic E-state index is 12.9. The molecular formula is C32H37F3N2O5. The van der Waals surface area contributed by atoms with Gasteiger partial charge in [-0.15, -0.1) is 0 Å². The van der Waals surface area contributed by atoms with Crippen LogP contribution < -0.4 is 19.7 Å². The summed E-state index contributed by atoms with van der Waals surface area (Å²) in [6.07, 6.45) is -4.19. The van der Waals surface area contributed by atoms with Crippen molar-refractivity contribution in [1.29, 1.82) is 0 Å². The number of benzene rings is 3. The van der Waals surface area contributed by atoms with Crippen LogP contribution in [0, 0.1) is 0 Å². The maximum Gasteiger partial charge on any atom is 0.389 e.